The fourth-order valence-electron chi connectivity index (χ4n) is 2.59. The molecule has 2 aromatic heterocycles. The zero-order valence-corrected chi connectivity index (χ0v) is 16.5. The number of hydrogen-bond donors (Lipinski definition) is 1. The van der Waals surface area contributed by atoms with Crippen LogP contribution in [0.4, 0.5) is 0 Å². The Kier molecular flexibility index (Phi) is 5.78. The van der Waals surface area contributed by atoms with Gasteiger partial charge in [0, 0.05) is 10.4 Å². The minimum absolute atomic E-state index is 0.106. The van der Waals surface area contributed by atoms with Crippen LogP contribution in [0.25, 0.3) is 21.3 Å². The molecule has 1 N–H and O–H groups in total. The number of thiophene rings is 1. The van der Waals surface area contributed by atoms with E-state index in [-0.39, 0.29) is 23.4 Å². The lowest BCUT2D eigenvalue weighted by Crippen LogP contribution is -2.16. The molecule has 0 fully saturated rings. The number of thioether (sulfide) groups is 1. The molecule has 3 rings (SSSR count). The normalized spacial score (nSPS) is 12.3. The maximum absolute atomic E-state index is 12.7. The van der Waals surface area contributed by atoms with Gasteiger partial charge >= 0.3 is 5.97 Å². The van der Waals surface area contributed by atoms with E-state index in [1.165, 1.54) is 23.1 Å². The zero-order chi connectivity index (χ0) is 18.7. The Labute approximate surface area is 159 Å². The van der Waals surface area contributed by atoms with Crippen LogP contribution in [-0.2, 0) is 9.53 Å². The number of esters is 1. The van der Waals surface area contributed by atoms with Crippen molar-refractivity contribution in [3.8, 4) is 11.1 Å². The van der Waals surface area contributed by atoms with Crippen LogP contribution in [0.3, 0.4) is 0 Å². The van der Waals surface area contributed by atoms with Gasteiger partial charge in [0.15, 0.2) is 5.16 Å². The van der Waals surface area contributed by atoms with Crippen LogP contribution in [0.2, 0.25) is 0 Å². The molecular formula is C19H20N2O3S2. The van der Waals surface area contributed by atoms with Crippen LogP contribution >= 0.6 is 23.1 Å². The van der Waals surface area contributed by atoms with Crippen molar-refractivity contribution in [1.29, 1.82) is 0 Å². The van der Waals surface area contributed by atoms with E-state index in [0.29, 0.717) is 15.4 Å². The van der Waals surface area contributed by atoms with E-state index in [0.717, 1.165) is 22.4 Å². The van der Waals surface area contributed by atoms with Gasteiger partial charge in [-0.25, -0.2) is 4.98 Å². The lowest BCUT2D eigenvalue weighted by molar-refractivity contribution is -0.144. The van der Waals surface area contributed by atoms with Gasteiger partial charge in [0.2, 0.25) is 0 Å². The van der Waals surface area contributed by atoms with E-state index in [1.807, 2.05) is 51.1 Å². The molecule has 0 spiro atoms. The summed E-state index contributed by atoms with van der Waals surface area (Å²) in [6.45, 7) is 5.81. The van der Waals surface area contributed by atoms with Gasteiger partial charge in [-0.1, -0.05) is 49.0 Å². The molecule has 0 saturated heterocycles. The third kappa shape index (κ3) is 3.99. The number of rotatable bonds is 6. The molecular weight excluding hydrogens is 368 g/mol. The van der Waals surface area contributed by atoms with Crippen LogP contribution in [0.1, 0.15) is 25.1 Å². The average Bonchev–Trinajstić information content (AvgIpc) is 2.97. The number of ether oxygens (including phenoxy) is 1. The number of nitrogens with zero attached hydrogens (tertiary/aromatic N) is 1. The summed E-state index contributed by atoms with van der Waals surface area (Å²) in [5.41, 5.74) is 1.74. The molecule has 0 aliphatic rings. The molecule has 26 heavy (non-hydrogen) atoms. The highest BCUT2D eigenvalue weighted by Gasteiger charge is 2.17. The summed E-state index contributed by atoms with van der Waals surface area (Å²) < 4.78 is 5.24. The summed E-state index contributed by atoms with van der Waals surface area (Å²) in [4.78, 5) is 33.5. The van der Waals surface area contributed by atoms with E-state index < -0.39 is 0 Å². The number of H-pyrrole nitrogens is 1. The van der Waals surface area contributed by atoms with Crippen molar-refractivity contribution in [3.05, 3.63) is 45.6 Å². The predicted octanol–water partition coefficient (Wildman–Crippen LogP) is 4.39. The van der Waals surface area contributed by atoms with Gasteiger partial charge in [-0.15, -0.1) is 11.3 Å². The first-order valence-electron chi connectivity index (χ1n) is 8.40. The molecule has 0 aliphatic carbocycles. The summed E-state index contributed by atoms with van der Waals surface area (Å²) in [5, 5.41) is 1.04. The van der Waals surface area contributed by atoms with Gasteiger partial charge in [0.05, 0.1) is 17.2 Å². The first-order valence-corrected chi connectivity index (χ1v) is 10.2. The fraction of sp³-hybridized carbons (Fsp3) is 0.316. The Morgan fingerprint density at radius 2 is 2.08 bits per heavy atom. The largest absolute Gasteiger partial charge is 0.462 e. The molecule has 2 heterocycles. The lowest BCUT2D eigenvalue weighted by atomic mass is 10.0. The minimum atomic E-state index is -0.306. The second-order valence-electron chi connectivity index (χ2n) is 5.95. The molecule has 0 amide bonds. The summed E-state index contributed by atoms with van der Waals surface area (Å²) in [7, 11) is 0. The number of aryl methyl sites for hydroxylation is 1. The fourth-order valence-corrected chi connectivity index (χ4v) is 4.34. The standard InChI is InChI=1S/C19H20N2O3S2/c1-4-11(2)24-14(22)10-25-19-20-17(23)16-15(12(3)26-18(16)21-19)13-8-6-5-7-9-13/h5-9,11H,4,10H2,1-3H3,(H,20,21,23)/t11-/m1/s1. The van der Waals surface area contributed by atoms with Crippen LogP contribution in [0, 0.1) is 6.92 Å². The average molecular weight is 389 g/mol. The zero-order valence-electron chi connectivity index (χ0n) is 14.9. The van der Waals surface area contributed by atoms with Crippen molar-refractivity contribution in [1.82, 2.24) is 9.97 Å². The SMILES string of the molecule is CC[C@@H](C)OC(=O)CSc1nc2sc(C)c(-c3ccccc3)c2c(=O)[nH]1. The molecule has 1 atom stereocenters. The number of carbonyl (C=O) groups is 1. The first-order chi connectivity index (χ1) is 12.5. The smallest absolute Gasteiger partial charge is 0.316 e. The monoisotopic (exact) mass is 388 g/mol. The van der Waals surface area contributed by atoms with Crippen molar-refractivity contribution < 1.29 is 9.53 Å². The Morgan fingerprint density at radius 3 is 2.77 bits per heavy atom. The van der Waals surface area contributed by atoms with Crippen LogP contribution < -0.4 is 5.56 Å². The second kappa shape index (κ2) is 8.05. The number of carbonyl (C=O) groups excluding carboxylic acids is 1. The van der Waals surface area contributed by atoms with E-state index >= 15 is 0 Å². The Hall–Kier alpha value is -2.12. The summed E-state index contributed by atoms with van der Waals surface area (Å²) in [6, 6.07) is 9.83. The van der Waals surface area contributed by atoms with Crippen molar-refractivity contribution in [2.75, 3.05) is 5.75 Å². The molecule has 5 nitrogen and oxygen atoms in total. The highest BCUT2D eigenvalue weighted by molar-refractivity contribution is 7.99. The predicted molar refractivity (Wildman–Crippen MR) is 107 cm³/mol. The third-order valence-electron chi connectivity index (χ3n) is 4.01. The van der Waals surface area contributed by atoms with Gasteiger partial charge in [0.25, 0.3) is 5.56 Å². The van der Waals surface area contributed by atoms with Gasteiger partial charge in [-0.3, -0.25) is 9.59 Å². The number of nitrogens with one attached hydrogen (secondary N) is 1. The molecule has 0 radical (unpaired) electrons. The van der Waals surface area contributed by atoms with Crippen LogP contribution in [0.15, 0.2) is 40.3 Å². The van der Waals surface area contributed by atoms with Crippen LogP contribution in [0.5, 0.6) is 0 Å². The van der Waals surface area contributed by atoms with E-state index in [4.69, 9.17) is 4.74 Å². The third-order valence-corrected chi connectivity index (χ3v) is 5.86. The van der Waals surface area contributed by atoms with E-state index in [9.17, 15) is 9.59 Å². The van der Waals surface area contributed by atoms with E-state index in [1.54, 1.807) is 0 Å². The van der Waals surface area contributed by atoms with Crippen LogP contribution in [-0.4, -0.2) is 27.8 Å². The molecule has 136 valence electrons. The van der Waals surface area contributed by atoms with Crippen molar-refractivity contribution >= 4 is 39.3 Å². The quantitative estimate of drug-likeness (QED) is 0.385. The summed E-state index contributed by atoms with van der Waals surface area (Å²) >= 11 is 2.68. The number of fused-ring (bicyclic) bond motifs is 1. The number of hydrogen-bond acceptors (Lipinski definition) is 6. The van der Waals surface area contributed by atoms with Crippen molar-refractivity contribution in [2.24, 2.45) is 0 Å². The van der Waals surface area contributed by atoms with Gasteiger partial charge in [-0.2, -0.15) is 0 Å². The molecule has 0 aliphatic heterocycles. The maximum Gasteiger partial charge on any atom is 0.316 e. The highest BCUT2D eigenvalue weighted by atomic mass is 32.2. The van der Waals surface area contributed by atoms with Gasteiger partial charge < -0.3 is 9.72 Å². The number of aromatic amines is 1. The summed E-state index contributed by atoms with van der Waals surface area (Å²) in [6.07, 6.45) is 0.666. The van der Waals surface area contributed by atoms with Gasteiger partial charge in [-0.05, 0) is 25.8 Å². The first kappa shape index (κ1) is 18.7. The Balaban J connectivity index is 1.88. The van der Waals surface area contributed by atoms with Crippen molar-refractivity contribution in [2.45, 2.75) is 38.5 Å². The Bertz CT molecular complexity index is 980. The van der Waals surface area contributed by atoms with Crippen molar-refractivity contribution in [3.63, 3.8) is 0 Å². The minimum Gasteiger partial charge on any atom is -0.462 e. The van der Waals surface area contributed by atoms with Gasteiger partial charge in [0.1, 0.15) is 4.83 Å². The molecule has 0 bridgehead atoms. The maximum atomic E-state index is 12.7. The number of benzene rings is 1. The Morgan fingerprint density at radius 1 is 1.35 bits per heavy atom. The summed E-state index contributed by atoms with van der Waals surface area (Å²) in [5.74, 6) is -0.186. The topological polar surface area (TPSA) is 72.0 Å². The number of aromatic nitrogens is 2. The van der Waals surface area contributed by atoms with E-state index in [2.05, 4.69) is 9.97 Å². The molecule has 0 unspecified atom stereocenters. The molecule has 1 aromatic carbocycles. The molecule has 3 aromatic rings. The highest BCUT2D eigenvalue weighted by Crippen LogP contribution is 2.35. The lowest BCUT2D eigenvalue weighted by Gasteiger charge is -2.10. The molecule has 7 heteroatoms. The second-order valence-corrected chi connectivity index (χ2v) is 8.12. The molecule has 0 saturated carbocycles.